The normalized spacial score (nSPS) is 10.4. The first-order valence-corrected chi connectivity index (χ1v) is 8.33. The van der Waals surface area contributed by atoms with Crippen molar-refractivity contribution >= 4 is 45.0 Å². The summed E-state index contributed by atoms with van der Waals surface area (Å²) in [5.74, 6) is 0.858. The molecule has 0 unspecified atom stereocenters. The van der Waals surface area contributed by atoms with Gasteiger partial charge < -0.3 is 14.8 Å². The number of pyridine rings is 1. The molecule has 6 heteroatoms. The monoisotopic (exact) mass is 434 g/mol. The minimum Gasteiger partial charge on any atom is -0.493 e. The van der Waals surface area contributed by atoms with Crippen molar-refractivity contribution in [1.29, 1.82) is 0 Å². The van der Waals surface area contributed by atoms with E-state index in [4.69, 9.17) is 9.47 Å². The first-order chi connectivity index (χ1) is 11.7. The zero-order chi connectivity index (χ0) is 16.9. The number of hydrogen-bond donors (Lipinski definition) is 1. The van der Waals surface area contributed by atoms with Gasteiger partial charge in [-0.1, -0.05) is 6.07 Å². The van der Waals surface area contributed by atoms with Crippen LogP contribution in [-0.2, 0) is 4.79 Å². The van der Waals surface area contributed by atoms with Crippen LogP contribution in [0, 0.1) is 3.57 Å². The largest absolute Gasteiger partial charge is 0.493 e. The molecule has 0 bridgehead atoms. The van der Waals surface area contributed by atoms with Crippen LogP contribution in [0.1, 0.15) is 0 Å². The Balaban J connectivity index is 1.71. The van der Waals surface area contributed by atoms with Gasteiger partial charge >= 0.3 is 0 Å². The van der Waals surface area contributed by atoms with Crippen LogP contribution in [0.3, 0.4) is 0 Å². The lowest BCUT2D eigenvalue weighted by Crippen LogP contribution is -2.20. The van der Waals surface area contributed by atoms with Crippen LogP contribution in [0.5, 0.6) is 11.5 Å². The molecule has 0 aliphatic carbocycles. The van der Waals surface area contributed by atoms with Gasteiger partial charge in [0.15, 0.2) is 18.1 Å². The Morgan fingerprint density at radius 1 is 1.17 bits per heavy atom. The van der Waals surface area contributed by atoms with E-state index >= 15 is 0 Å². The molecule has 122 valence electrons. The molecule has 3 rings (SSSR count). The summed E-state index contributed by atoms with van der Waals surface area (Å²) < 4.78 is 12.0. The van der Waals surface area contributed by atoms with Gasteiger partial charge in [-0.3, -0.25) is 9.78 Å². The summed E-state index contributed by atoms with van der Waals surface area (Å²) in [6.45, 7) is -0.104. The van der Waals surface area contributed by atoms with Gasteiger partial charge in [0.05, 0.1) is 7.11 Å². The topological polar surface area (TPSA) is 60.5 Å². The van der Waals surface area contributed by atoms with Gasteiger partial charge in [-0.05, 0) is 64.4 Å². The van der Waals surface area contributed by atoms with Gasteiger partial charge in [-0.15, -0.1) is 0 Å². The maximum atomic E-state index is 12.1. The van der Waals surface area contributed by atoms with E-state index in [2.05, 4.69) is 32.9 Å². The summed E-state index contributed by atoms with van der Waals surface area (Å²) in [7, 11) is 1.57. The number of methoxy groups -OCH3 is 1. The van der Waals surface area contributed by atoms with Gasteiger partial charge in [-0.2, -0.15) is 0 Å². The summed E-state index contributed by atoms with van der Waals surface area (Å²) in [6, 6.07) is 13.1. The van der Waals surface area contributed by atoms with Crippen LogP contribution in [0.4, 0.5) is 5.69 Å². The summed E-state index contributed by atoms with van der Waals surface area (Å²) >= 11 is 2.20. The van der Waals surface area contributed by atoms with E-state index in [-0.39, 0.29) is 12.5 Å². The number of nitrogens with zero attached hydrogens (tertiary/aromatic N) is 1. The van der Waals surface area contributed by atoms with Crippen LogP contribution >= 0.6 is 22.6 Å². The molecule has 2 aromatic carbocycles. The van der Waals surface area contributed by atoms with Crippen molar-refractivity contribution < 1.29 is 14.3 Å². The van der Waals surface area contributed by atoms with Gasteiger partial charge in [0.25, 0.3) is 5.91 Å². The van der Waals surface area contributed by atoms with Crippen LogP contribution in [-0.4, -0.2) is 24.6 Å². The SMILES string of the molecule is COc1cc2ccncc2cc1OCC(=O)Nc1cccc(I)c1. The summed E-state index contributed by atoms with van der Waals surface area (Å²) in [5.41, 5.74) is 0.741. The van der Waals surface area contributed by atoms with E-state index in [9.17, 15) is 4.79 Å². The fraction of sp³-hybridized carbons (Fsp3) is 0.111. The Bertz CT molecular complexity index is 883. The average Bonchev–Trinajstić information content (AvgIpc) is 2.59. The van der Waals surface area contributed by atoms with Gasteiger partial charge in [0, 0.05) is 27.0 Å². The molecule has 0 fully saturated rings. The molecule has 1 amide bonds. The van der Waals surface area contributed by atoms with Crippen LogP contribution in [0.2, 0.25) is 0 Å². The highest BCUT2D eigenvalue weighted by atomic mass is 127. The highest BCUT2D eigenvalue weighted by molar-refractivity contribution is 14.1. The lowest BCUT2D eigenvalue weighted by Gasteiger charge is -2.12. The number of ether oxygens (including phenoxy) is 2. The Morgan fingerprint density at radius 2 is 2.00 bits per heavy atom. The van der Waals surface area contributed by atoms with Crippen molar-refractivity contribution in [2.24, 2.45) is 0 Å². The molecule has 1 heterocycles. The zero-order valence-corrected chi connectivity index (χ0v) is 15.1. The maximum absolute atomic E-state index is 12.1. The third kappa shape index (κ3) is 3.94. The number of hydrogen-bond acceptors (Lipinski definition) is 4. The number of carbonyl (C=O) groups excluding carboxylic acids is 1. The van der Waals surface area contributed by atoms with Crippen molar-refractivity contribution in [3.8, 4) is 11.5 Å². The molecule has 0 saturated heterocycles. The van der Waals surface area contributed by atoms with Crippen molar-refractivity contribution in [3.63, 3.8) is 0 Å². The summed E-state index contributed by atoms with van der Waals surface area (Å²) in [5, 5.41) is 4.73. The van der Waals surface area contributed by atoms with Gasteiger partial charge in [0.1, 0.15) is 0 Å². The fourth-order valence-electron chi connectivity index (χ4n) is 2.27. The van der Waals surface area contributed by atoms with E-state index in [0.717, 1.165) is 20.0 Å². The Morgan fingerprint density at radius 3 is 2.79 bits per heavy atom. The number of carbonyl (C=O) groups is 1. The van der Waals surface area contributed by atoms with E-state index in [1.165, 1.54) is 0 Å². The summed E-state index contributed by atoms with van der Waals surface area (Å²) in [4.78, 5) is 16.2. The minimum absolute atomic E-state index is 0.104. The Labute approximate surface area is 153 Å². The second-order valence-corrected chi connectivity index (χ2v) is 6.32. The van der Waals surface area contributed by atoms with Gasteiger partial charge in [0.2, 0.25) is 0 Å². The number of rotatable bonds is 5. The van der Waals surface area contributed by atoms with Crippen molar-refractivity contribution in [3.05, 3.63) is 58.4 Å². The molecule has 0 radical (unpaired) electrons. The van der Waals surface area contributed by atoms with Gasteiger partial charge in [-0.25, -0.2) is 0 Å². The molecule has 3 aromatic rings. The van der Waals surface area contributed by atoms with E-state index in [1.807, 2.05) is 42.5 Å². The highest BCUT2D eigenvalue weighted by Crippen LogP contribution is 2.31. The minimum atomic E-state index is -0.231. The van der Waals surface area contributed by atoms with E-state index < -0.39 is 0 Å². The molecule has 0 atom stereocenters. The first-order valence-electron chi connectivity index (χ1n) is 7.25. The van der Waals surface area contributed by atoms with Crippen LogP contribution < -0.4 is 14.8 Å². The zero-order valence-electron chi connectivity index (χ0n) is 13.0. The standard InChI is InChI=1S/C18H15IN2O3/c1-23-16-7-12-5-6-20-10-13(12)8-17(16)24-11-18(22)21-15-4-2-3-14(19)9-15/h2-10H,11H2,1H3,(H,21,22). The van der Waals surface area contributed by atoms with Crippen molar-refractivity contribution in [1.82, 2.24) is 4.98 Å². The number of fused-ring (bicyclic) bond motifs is 1. The molecule has 0 saturated carbocycles. The van der Waals surface area contributed by atoms with E-state index in [0.29, 0.717) is 11.5 Å². The molecule has 0 aliphatic heterocycles. The smallest absolute Gasteiger partial charge is 0.262 e. The third-order valence-corrected chi connectivity index (χ3v) is 4.06. The number of aromatic nitrogens is 1. The third-order valence-electron chi connectivity index (χ3n) is 3.39. The number of halogens is 1. The Kier molecular flexibility index (Phi) is 5.14. The second-order valence-electron chi connectivity index (χ2n) is 5.07. The number of nitrogens with one attached hydrogen (secondary N) is 1. The van der Waals surface area contributed by atoms with Crippen LogP contribution in [0.15, 0.2) is 54.9 Å². The molecule has 0 spiro atoms. The van der Waals surface area contributed by atoms with Crippen molar-refractivity contribution in [2.75, 3.05) is 19.0 Å². The predicted octanol–water partition coefficient (Wildman–Crippen LogP) is 3.87. The second kappa shape index (κ2) is 7.48. The molecule has 24 heavy (non-hydrogen) atoms. The van der Waals surface area contributed by atoms with Crippen molar-refractivity contribution in [2.45, 2.75) is 0 Å². The number of anilines is 1. The first kappa shape index (κ1) is 16.5. The summed E-state index contributed by atoms with van der Waals surface area (Å²) in [6.07, 6.45) is 3.46. The molecule has 1 aromatic heterocycles. The van der Waals surface area contributed by atoms with E-state index in [1.54, 1.807) is 19.5 Å². The Hall–Kier alpha value is -2.35. The lowest BCUT2D eigenvalue weighted by atomic mass is 10.1. The number of amides is 1. The number of benzene rings is 2. The van der Waals surface area contributed by atoms with Crippen LogP contribution in [0.25, 0.3) is 10.8 Å². The molecule has 1 N–H and O–H groups in total. The maximum Gasteiger partial charge on any atom is 0.262 e. The highest BCUT2D eigenvalue weighted by Gasteiger charge is 2.10. The molecule has 5 nitrogen and oxygen atoms in total. The average molecular weight is 434 g/mol. The fourth-order valence-corrected chi connectivity index (χ4v) is 2.82. The lowest BCUT2D eigenvalue weighted by molar-refractivity contribution is -0.118. The quantitative estimate of drug-likeness (QED) is 0.620. The predicted molar refractivity (Wildman–Crippen MR) is 102 cm³/mol. The molecular formula is C18H15IN2O3. The molecular weight excluding hydrogens is 419 g/mol. The molecule has 0 aliphatic rings.